The molecule has 0 aromatic heterocycles. The molecule has 0 unspecified atom stereocenters. The SMILES string of the molecule is C[C@@H]1CC[C@@H]2C(C)(C)C[C@H](Cl)C[C@@]2(O)C1. The molecule has 2 fully saturated rings. The van der Waals surface area contributed by atoms with E-state index in [0.29, 0.717) is 11.8 Å². The van der Waals surface area contributed by atoms with Gasteiger partial charge in [-0.05, 0) is 42.9 Å². The maximum absolute atomic E-state index is 10.8. The van der Waals surface area contributed by atoms with Gasteiger partial charge in [0, 0.05) is 5.38 Å². The second kappa shape index (κ2) is 3.63. The Labute approximate surface area is 98.2 Å². The molecule has 4 atom stereocenters. The van der Waals surface area contributed by atoms with E-state index >= 15 is 0 Å². The van der Waals surface area contributed by atoms with Gasteiger partial charge in [0.1, 0.15) is 0 Å². The molecule has 2 heteroatoms. The Bertz CT molecular complexity index is 247. The molecule has 0 aliphatic heterocycles. The van der Waals surface area contributed by atoms with Crippen LogP contribution >= 0.6 is 11.6 Å². The van der Waals surface area contributed by atoms with Crippen molar-refractivity contribution in [2.24, 2.45) is 17.3 Å². The summed E-state index contributed by atoms with van der Waals surface area (Å²) in [5, 5.41) is 10.9. The van der Waals surface area contributed by atoms with Gasteiger partial charge in [-0.25, -0.2) is 0 Å². The zero-order chi connectivity index (χ0) is 11.3. The van der Waals surface area contributed by atoms with Crippen molar-refractivity contribution in [2.45, 2.75) is 63.9 Å². The molecule has 0 amide bonds. The van der Waals surface area contributed by atoms with Crippen LogP contribution in [0.15, 0.2) is 0 Å². The van der Waals surface area contributed by atoms with Gasteiger partial charge in [0.25, 0.3) is 0 Å². The van der Waals surface area contributed by atoms with Crippen LogP contribution in [0.25, 0.3) is 0 Å². The van der Waals surface area contributed by atoms with E-state index in [0.717, 1.165) is 19.3 Å². The fourth-order valence-electron chi connectivity index (χ4n) is 4.08. The van der Waals surface area contributed by atoms with Crippen molar-refractivity contribution in [3.63, 3.8) is 0 Å². The molecule has 2 aliphatic carbocycles. The molecule has 15 heavy (non-hydrogen) atoms. The maximum atomic E-state index is 10.8. The topological polar surface area (TPSA) is 20.2 Å². The number of hydrogen-bond acceptors (Lipinski definition) is 1. The molecule has 1 nitrogen and oxygen atoms in total. The lowest BCUT2D eigenvalue weighted by molar-refractivity contribution is -0.134. The first-order valence-electron chi connectivity index (χ1n) is 6.20. The van der Waals surface area contributed by atoms with Crippen molar-refractivity contribution < 1.29 is 5.11 Å². The second-order valence-electron chi connectivity index (χ2n) is 6.54. The van der Waals surface area contributed by atoms with Crippen molar-refractivity contribution in [1.82, 2.24) is 0 Å². The monoisotopic (exact) mass is 230 g/mol. The fourth-order valence-corrected chi connectivity index (χ4v) is 4.74. The highest BCUT2D eigenvalue weighted by molar-refractivity contribution is 6.20. The highest BCUT2D eigenvalue weighted by Crippen LogP contribution is 2.54. The van der Waals surface area contributed by atoms with Crippen LogP contribution in [0.4, 0.5) is 0 Å². The number of hydrogen-bond donors (Lipinski definition) is 1. The second-order valence-corrected chi connectivity index (χ2v) is 7.15. The summed E-state index contributed by atoms with van der Waals surface area (Å²) in [6.45, 7) is 6.79. The van der Waals surface area contributed by atoms with Crippen LogP contribution in [0.1, 0.15) is 52.9 Å². The van der Waals surface area contributed by atoms with E-state index in [1.807, 2.05) is 0 Å². The van der Waals surface area contributed by atoms with E-state index in [1.165, 1.54) is 12.8 Å². The zero-order valence-electron chi connectivity index (χ0n) is 10.1. The standard InChI is InChI=1S/C13H23ClO/c1-9-4-5-11-12(2,3)7-10(14)8-13(11,15)6-9/h9-11,15H,4-8H2,1-3H3/t9-,10+,11-,13+/m1/s1. The van der Waals surface area contributed by atoms with Crippen molar-refractivity contribution in [1.29, 1.82) is 0 Å². The van der Waals surface area contributed by atoms with E-state index in [-0.39, 0.29) is 10.8 Å². The highest BCUT2D eigenvalue weighted by atomic mass is 35.5. The Kier molecular flexibility index (Phi) is 2.84. The minimum atomic E-state index is -0.480. The number of halogens is 1. The average Bonchev–Trinajstić information content (AvgIpc) is 1.97. The largest absolute Gasteiger partial charge is 0.390 e. The van der Waals surface area contributed by atoms with E-state index < -0.39 is 5.60 Å². The van der Waals surface area contributed by atoms with Gasteiger partial charge in [-0.3, -0.25) is 0 Å². The first-order chi connectivity index (χ1) is 6.83. The maximum Gasteiger partial charge on any atom is 0.0697 e. The molecule has 88 valence electrons. The van der Waals surface area contributed by atoms with E-state index in [9.17, 15) is 5.11 Å². The van der Waals surface area contributed by atoms with Crippen molar-refractivity contribution in [3.8, 4) is 0 Å². The van der Waals surface area contributed by atoms with Crippen LogP contribution < -0.4 is 0 Å². The lowest BCUT2D eigenvalue weighted by atomic mass is 9.55. The van der Waals surface area contributed by atoms with E-state index in [2.05, 4.69) is 20.8 Å². The van der Waals surface area contributed by atoms with Crippen LogP contribution in [0.3, 0.4) is 0 Å². The van der Waals surface area contributed by atoms with Crippen molar-refractivity contribution in [2.75, 3.05) is 0 Å². The number of aliphatic hydroxyl groups is 1. The molecule has 0 radical (unpaired) electrons. The van der Waals surface area contributed by atoms with Crippen LogP contribution in [0, 0.1) is 17.3 Å². The molecule has 2 rings (SSSR count). The van der Waals surface area contributed by atoms with Gasteiger partial charge in [-0.1, -0.05) is 27.2 Å². The third kappa shape index (κ3) is 2.06. The third-order valence-corrected chi connectivity index (χ3v) is 4.87. The third-order valence-electron chi connectivity index (χ3n) is 4.56. The molecule has 0 bridgehead atoms. The molecule has 0 saturated heterocycles. The summed E-state index contributed by atoms with van der Waals surface area (Å²) < 4.78 is 0. The molecule has 2 saturated carbocycles. The summed E-state index contributed by atoms with van der Waals surface area (Å²) in [5.41, 5.74) is -0.272. The Morgan fingerprint density at radius 1 is 1.13 bits per heavy atom. The lowest BCUT2D eigenvalue weighted by Crippen LogP contribution is -2.55. The minimum Gasteiger partial charge on any atom is -0.390 e. The number of alkyl halides is 1. The van der Waals surface area contributed by atoms with Crippen LogP contribution in [0.5, 0.6) is 0 Å². The van der Waals surface area contributed by atoms with Gasteiger partial charge in [0.05, 0.1) is 5.60 Å². The predicted octanol–water partition coefficient (Wildman–Crippen LogP) is 3.58. The van der Waals surface area contributed by atoms with Gasteiger partial charge < -0.3 is 5.11 Å². The molecule has 1 N–H and O–H groups in total. The minimum absolute atomic E-state index is 0.159. The molecule has 0 heterocycles. The van der Waals surface area contributed by atoms with E-state index in [4.69, 9.17) is 11.6 Å². The molecular weight excluding hydrogens is 208 g/mol. The van der Waals surface area contributed by atoms with Crippen molar-refractivity contribution >= 4 is 11.6 Å². The predicted molar refractivity (Wildman–Crippen MR) is 64.1 cm³/mol. The smallest absolute Gasteiger partial charge is 0.0697 e. The van der Waals surface area contributed by atoms with Crippen LogP contribution in [0.2, 0.25) is 0 Å². The number of rotatable bonds is 0. The summed E-state index contributed by atoms with van der Waals surface area (Å²) in [6.07, 6.45) is 5.24. The quantitative estimate of drug-likeness (QED) is 0.631. The Balaban J connectivity index is 2.25. The lowest BCUT2D eigenvalue weighted by Gasteiger charge is -2.54. The van der Waals surface area contributed by atoms with E-state index in [1.54, 1.807) is 0 Å². The first kappa shape index (κ1) is 11.7. The molecular formula is C13H23ClO. The summed E-state index contributed by atoms with van der Waals surface area (Å²) >= 11 is 6.30. The molecule has 0 aromatic carbocycles. The Morgan fingerprint density at radius 3 is 2.47 bits per heavy atom. The molecule has 0 aromatic rings. The zero-order valence-corrected chi connectivity index (χ0v) is 10.8. The van der Waals surface area contributed by atoms with Gasteiger partial charge in [-0.2, -0.15) is 0 Å². The fraction of sp³-hybridized carbons (Fsp3) is 1.00. The Hall–Kier alpha value is 0.250. The summed E-state index contributed by atoms with van der Waals surface area (Å²) in [4.78, 5) is 0. The number of fused-ring (bicyclic) bond motifs is 1. The normalized spacial score (nSPS) is 49.8. The van der Waals surface area contributed by atoms with Gasteiger partial charge in [-0.15, -0.1) is 11.6 Å². The van der Waals surface area contributed by atoms with Gasteiger partial charge in [0.15, 0.2) is 0 Å². The van der Waals surface area contributed by atoms with Crippen LogP contribution in [-0.4, -0.2) is 16.1 Å². The Morgan fingerprint density at radius 2 is 1.80 bits per heavy atom. The summed E-state index contributed by atoms with van der Waals surface area (Å²) in [5.74, 6) is 1.11. The highest BCUT2D eigenvalue weighted by Gasteiger charge is 2.52. The van der Waals surface area contributed by atoms with Crippen molar-refractivity contribution in [3.05, 3.63) is 0 Å². The summed E-state index contributed by atoms with van der Waals surface area (Å²) in [7, 11) is 0. The molecule has 2 aliphatic rings. The first-order valence-corrected chi connectivity index (χ1v) is 6.63. The van der Waals surface area contributed by atoms with Gasteiger partial charge >= 0.3 is 0 Å². The average molecular weight is 231 g/mol. The van der Waals surface area contributed by atoms with Gasteiger partial charge in [0.2, 0.25) is 0 Å². The van der Waals surface area contributed by atoms with Crippen LogP contribution in [-0.2, 0) is 0 Å². The summed E-state index contributed by atoms with van der Waals surface area (Å²) in [6, 6.07) is 0. The molecule has 0 spiro atoms.